The van der Waals surface area contributed by atoms with Gasteiger partial charge in [-0.1, -0.05) is 0 Å². The number of halogens is 1. The van der Waals surface area contributed by atoms with Gasteiger partial charge in [0.05, 0.1) is 21.6 Å². The number of aromatic nitrogens is 4. The molecule has 0 aliphatic heterocycles. The molecule has 0 radical (unpaired) electrons. The molecule has 0 unspecified atom stereocenters. The van der Waals surface area contributed by atoms with Crippen molar-refractivity contribution in [3.05, 3.63) is 57.6 Å². The van der Waals surface area contributed by atoms with E-state index in [4.69, 9.17) is 0 Å². The minimum absolute atomic E-state index is 0.458. The molecule has 0 aliphatic rings. The Kier molecular flexibility index (Phi) is 3.61. The third-order valence-corrected chi connectivity index (χ3v) is 4.93. The highest BCUT2D eigenvalue weighted by atomic mass is 32.1. The van der Waals surface area contributed by atoms with Gasteiger partial charge in [-0.15, -0.1) is 22.7 Å². The molecule has 0 N–H and O–H groups in total. The number of hydrogen-bond acceptors (Lipinski definition) is 5. The summed E-state index contributed by atoms with van der Waals surface area (Å²) in [5, 5.41) is 6.36. The average Bonchev–Trinajstić information content (AvgIpc) is 3.31. The van der Waals surface area contributed by atoms with Crippen LogP contribution in [0.15, 0.2) is 42.0 Å². The number of thiazole rings is 1. The zero-order chi connectivity index (χ0) is 15.6. The van der Waals surface area contributed by atoms with Crippen LogP contribution in [-0.2, 0) is 6.67 Å². The SMILES string of the molecule is FCc1nc(C#Cc2ccc(-c3ccn4nccc4n3)s2)cs1. The van der Waals surface area contributed by atoms with Crippen LogP contribution in [0.25, 0.3) is 16.2 Å². The number of thiophene rings is 1. The maximum absolute atomic E-state index is 12.5. The summed E-state index contributed by atoms with van der Waals surface area (Å²) in [6.45, 7) is -0.543. The predicted octanol–water partition coefficient (Wildman–Crippen LogP) is 3.78. The Morgan fingerprint density at radius 3 is 2.96 bits per heavy atom. The van der Waals surface area contributed by atoms with Crippen LogP contribution in [0.2, 0.25) is 0 Å². The summed E-state index contributed by atoms with van der Waals surface area (Å²) >= 11 is 2.85. The molecule has 4 rings (SSSR count). The Balaban J connectivity index is 1.61. The summed E-state index contributed by atoms with van der Waals surface area (Å²) < 4.78 is 14.2. The fourth-order valence-corrected chi connectivity index (χ4v) is 3.45. The van der Waals surface area contributed by atoms with Crippen LogP contribution in [-0.4, -0.2) is 19.6 Å². The topological polar surface area (TPSA) is 43.1 Å². The second-order valence-corrected chi connectivity index (χ2v) is 6.65. The first kappa shape index (κ1) is 14.1. The van der Waals surface area contributed by atoms with E-state index in [0.29, 0.717) is 10.7 Å². The van der Waals surface area contributed by atoms with Crippen molar-refractivity contribution in [2.75, 3.05) is 0 Å². The molecular formula is C16H9FN4S2. The molecule has 0 atom stereocenters. The van der Waals surface area contributed by atoms with E-state index in [1.807, 2.05) is 30.5 Å². The van der Waals surface area contributed by atoms with E-state index in [2.05, 4.69) is 26.9 Å². The smallest absolute Gasteiger partial charge is 0.155 e. The van der Waals surface area contributed by atoms with Gasteiger partial charge in [0, 0.05) is 17.6 Å². The molecule has 112 valence electrons. The number of rotatable bonds is 2. The van der Waals surface area contributed by atoms with Crippen molar-refractivity contribution in [2.45, 2.75) is 6.67 Å². The quantitative estimate of drug-likeness (QED) is 0.522. The van der Waals surface area contributed by atoms with Gasteiger partial charge in [-0.3, -0.25) is 0 Å². The monoisotopic (exact) mass is 340 g/mol. The third-order valence-electron chi connectivity index (χ3n) is 3.10. The molecule has 0 saturated carbocycles. The zero-order valence-corrected chi connectivity index (χ0v) is 13.4. The lowest BCUT2D eigenvalue weighted by Gasteiger charge is -1.97. The molecule has 0 aliphatic carbocycles. The van der Waals surface area contributed by atoms with Gasteiger partial charge in [0.25, 0.3) is 0 Å². The lowest BCUT2D eigenvalue weighted by molar-refractivity contribution is 0.483. The highest BCUT2D eigenvalue weighted by Gasteiger charge is 2.05. The normalized spacial score (nSPS) is 10.7. The van der Waals surface area contributed by atoms with E-state index in [9.17, 15) is 4.39 Å². The van der Waals surface area contributed by atoms with Gasteiger partial charge in [0.1, 0.15) is 17.4 Å². The fourth-order valence-electron chi connectivity index (χ4n) is 2.05. The van der Waals surface area contributed by atoms with Gasteiger partial charge in [-0.2, -0.15) is 5.10 Å². The molecule has 7 heteroatoms. The van der Waals surface area contributed by atoms with Crippen LogP contribution >= 0.6 is 22.7 Å². The van der Waals surface area contributed by atoms with Gasteiger partial charge in [0.15, 0.2) is 5.65 Å². The summed E-state index contributed by atoms with van der Waals surface area (Å²) in [6, 6.07) is 7.75. The van der Waals surface area contributed by atoms with Crippen LogP contribution in [0.3, 0.4) is 0 Å². The first-order valence-electron chi connectivity index (χ1n) is 6.75. The summed E-state index contributed by atoms with van der Waals surface area (Å²) in [6.07, 6.45) is 3.60. The van der Waals surface area contributed by atoms with E-state index in [-0.39, 0.29) is 0 Å². The molecule has 0 spiro atoms. The van der Waals surface area contributed by atoms with Crippen molar-refractivity contribution in [1.29, 1.82) is 0 Å². The second-order valence-electron chi connectivity index (χ2n) is 4.62. The molecule has 0 saturated heterocycles. The molecule has 0 aromatic carbocycles. The standard InChI is InChI=1S/C16H9FN4S2/c17-9-16-19-11(10-22-16)1-2-12-3-4-14(23-12)13-6-8-21-15(20-13)5-7-18-21/h3-8,10H,9H2. The summed E-state index contributed by atoms with van der Waals surface area (Å²) in [5.74, 6) is 6.03. The van der Waals surface area contributed by atoms with Gasteiger partial charge < -0.3 is 0 Å². The van der Waals surface area contributed by atoms with Gasteiger partial charge in [0.2, 0.25) is 0 Å². The van der Waals surface area contributed by atoms with E-state index in [1.165, 1.54) is 11.3 Å². The van der Waals surface area contributed by atoms with Crippen molar-refractivity contribution in [2.24, 2.45) is 0 Å². The molecule has 0 bridgehead atoms. The molecule has 4 nitrogen and oxygen atoms in total. The lowest BCUT2D eigenvalue weighted by atomic mass is 10.3. The van der Waals surface area contributed by atoms with Crippen LogP contribution < -0.4 is 0 Å². The molecule has 23 heavy (non-hydrogen) atoms. The summed E-state index contributed by atoms with van der Waals surface area (Å²) in [5.41, 5.74) is 2.31. The van der Waals surface area contributed by atoms with Gasteiger partial charge in [-0.05, 0) is 30.0 Å². The van der Waals surface area contributed by atoms with E-state index in [0.717, 1.165) is 21.1 Å². The fraction of sp³-hybridized carbons (Fsp3) is 0.0625. The zero-order valence-electron chi connectivity index (χ0n) is 11.7. The van der Waals surface area contributed by atoms with E-state index < -0.39 is 6.67 Å². The van der Waals surface area contributed by atoms with Crippen molar-refractivity contribution in [3.63, 3.8) is 0 Å². The molecule has 4 aromatic rings. The van der Waals surface area contributed by atoms with E-state index >= 15 is 0 Å². The highest BCUT2D eigenvalue weighted by Crippen LogP contribution is 2.26. The maximum atomic E-state index is 12.5. The first-order valence-corrected chi connectivity index (χ1v) is 8.44. The number of alkyl halides is 1. The Morgan fingerprint density at radius 2 is 2.09 bits per heavy atom. The maximum Gasteiger partial charge on any atom is 0.155 e. The minimum Gasteiger partial charge on any atom is -0.243 e. The number of hydrogen-bond donors (Lipinski definition) is 0. The Hall–Kier alpha value is -2.56. The van der Waals surface area contributed by atoms with E-state index in [1.54, 1.807) is 27.4 Å². The van der Waals surface area contributed by atoms with Crippen molar-refractivity contribution < 1.29 is 4.39 Å². The molecule has 0 fully saturated rings. The third kappa shape index (κ3) is 2.86. The van der Waals surface area contributed by atoms with Crippen LogP contribution in [0.5, 0.6) is 0 Å². The van der Waals surface area contributed by atoms with Crippen molar-refractivity contribution in [1.82, 2.24) is 19.6 Å². The highest BCUT2D eigenvalue weighted by molar-refractivity contribution is 7.16. The van der Waals surface area contributed by atoms with Gasteiger partial charge in [-0.25, -0.2) is 18.9 Å². The summed E-state index contributed by atoms with van der Waals surface area (Å²) in [4.78, 5) is 10.6. The predicted molar refractivity (Wildman–Crippen MR) is 89.2 cm³/mol. The first-order chi connectivity index (χ1) is 11.3. The minimum atomic E-state index is -0.543. The molecule has 0 amide bonds. The lowest BCUT2D eigenvalue weighted by Crippen LogP contribution is -1.89. The van der Waals surface area contributed by atoms with Crippen LogP contribution in [0.1, 0.15) is 15.6 Å². The van der Waals surface area contributed by atoms with Crippen molar-refractivity contribution >= 4 is 28.3 Å². The largest absolute Gasteiger partial charge is 0.243 e. The van der Waals surface area contributed by atoms with Crippen LogP contribution in [0, 0.1) is 11.8 Å². The summed E-state index contributed by atoms with van der Waals surface area (Å²) in [7, 11) is 0. The molecule has 4 aromatic heterocycles. The Bertz CT molecular complexity index is 1030. The number of nitrogens with zero attached hydrogens (tertiary/aromatic N) is 4. The average molecular weight is 340 g/mol. The van der Waals surface area contributed by atoms with Crippen molar-refractivity contribution in [3.8, 4) is 22.4 Å². The molecule has 4 heterocycles. The molecular weight excluding hydrogens is 331 g/mol. The second kappa shape index (κ2) is 5.91. The van der Waals surface area contributed by atoms with Gasteiger partial charge >= 0.3 is 0 Å². The number of fused-ring (bicyclic) bond motifs is 1. The Morgan fingerprint density at radius 1 is 1.13 bits per heavy atom. The Labute approximate surface area is 139 Å². The van der Waals surface area contributed by atoms with Crippen LogP contribution in [0.4, 0.5) is 4.39 Å².